The lowest BCUT2D eigenvalue weighted by atomic mass is 10.1. The summed E-state index contributed by atoms with van der Waals surface area (Å²) >= 11 is 7.87. The van der Waals surface area contributed by atoms with Crippen molar-refractivity contribution >= 4 is 40.2 Å². The van der Waals surface area contributed by atoms with E-state index in [2.05, 4.69) is 22.6 Å². The molecule has 0 aliphatic rings. The minimum Gasteiger partial charge on any atom is -0.480 e. The largest absolute Gasteiger partial charge is 0.480 e. The second-order valence-electron chi connectivity index (χ2n) is 2.49. The van der Waals surface area contributed by atoms with E-state index in [0.29, 0.717) is 10.6 Å². The predicted molar refractivity (Wildman–Crippen MR) is 58.7 cm³/mol. The van der Waals surface area contributed by atoms with E-state index in [9.17, 15) is 4.79 Å². The van der Waals surface area contributed by atoms with Gasteiger partial charge in [-0.15, -0.1) is 0 Å². The smallest absolute Gasteiger partial charge is 0.325 e. The number of rotatable bonds is 2. The maximum atomic E-state index is 10.5. The second-order valence-corrected chi connectivity index (χ2v) is 4.06. The van der Waals surface area contributed by atoms with E-state index < -0.39 is 12.0 Å². The summed E-state index contributed by atoms with van der Waals surface area (Å²) in [5, 5.41) is 9.15. The van der Waals surface area contributed by atoms with E-state index in [-0.39, 0.29) is 0 Å². The number of halogens is 2. The topological polar surface area (TPSA) is 63.3 Å². The highest BCUT2D eigenvalue weighted by molar-refractivity contribution is 14.1. The first-order valence-corrected chi connectivity index (χ1v) is 4.91. The third-order valence-corrected chi connectivity index (χ3v) is 3.14. The number of aliphatic carboxylic acids is 1. The number of carbonyl (C=O) groups is 1. The van der Waals surface area contributed by atoms with Crippen molar-refractivity contribution in [3.05, 3.63) is 32.4 Å². The Hall–Kier alpha value is -0.330. The molecule has 0 saturated heterocycles. The van der Waals surface area contributed by atoms with Gasteiger partial charge in [-0.05, 0) is 40.3 Å². The van der Waals surface area contributed by atoms with E-state index in [0.717, 1.165) is 3.57 Å². The van der Waals surface area contributed by atoms with Crippen molar-refractivity contribution < 1.29 is 9.90 Å². The minimum absolute atomic E-state index is 0.512. The molecular formula is C8H7ClINO2. The molecule has 0 aliphatic carbocycles. The standard InChI is InChI=1S/C8H7ClINO2/c9-5-3-4(1-2-6(5)10)7(11)8(12)13/h1-3,7H,11H2,(H,12,13)/t7-/m0/s1. The highest BCUT2D eigenvalue weighted by atomic mass is 127. The third kappa shape index (κ3) is 2.55. The molecule has 0 saturated carbocycles. The molecule has 3 nitrogen and oxygen atoms in total. The van der Waals surface area contributed by atoms with Crippen LogP contribution in [0, 0.1) is 3.57 Å². The molecule has 3 N–H and O–H groups in total. The van der Waals surface area contributed by atoms with Gasteiger partial charge in [0.25, 0.3) is 0 Å². The maximum Gasteiger partial charge on any atom is 0.325 e. The molecule has 0 aromatic heterocycles. The van der Waals surface area contributed by atoms with Gasteiger partial charge in [-0.2, -0.15) is 0 Å². The van der Waals surface area contributed by atoms with Gasteiger partial charge >= 0.3 is 5.97 Å². The summed E-state index contributed by atoms with van der Waals surface area (Å²) in [5.41, 5.74) is 5.91. The zero-order valence-electron chi connectivity index (χ0n) is 6.50. The van der Waals surface area contributed by atoms with Gasteiger partial charge in [0.2, 0.25) is 0 Å². The van der Waals surface area contributed by atoms with Crippen LogP contribution in [0.5, 0.6) is 0 Å². The Kier molecular flexibility index (Phi) is 3.52. The maximum absolute atomic E-state index is 10.5. The fourth-order valence-electron chi connectivity index (χ4n) is 0.848. The van der Waals surface area contributed by atoms with Crippen LogP contribution in [0.3, 0.4) is 0 Å². The van der Waals surface area contributed by atoms with Crippen LogP contribution in [0.4, 0.5) is 0 Å². The Morgan fingerprint density at radius 1 is 1.62 bits per heavy atom. The van der Waals surface area contributed by atoms with Crippen molar-refractivity contribution in [3.63, 3.8) is 0 Å². The minimum atomic E-state index is -1.06. The number of hydrogen-bond acceptors (Lipinski definition) is 2. The SMILES string of the molecule is N[C@H](C(=O)O)c1ccc(I)c(Cl)c1. The molecule has 0 fully saturated rings. The Morgan fingerprint density at radius 2 is 2.23 bits per heavy atom. The van der Waals surface area contributed by atoms with Crippen LogP contribution in [0.15, 0.2) is 18.2 Å². The summed E-state index contributed by atoms with van der Waals surface area (Å²) in [6.45, 7) is 0. The van der Waals surface area contributed by atoms with E-state index in [1.807, 2.05) is 0 Å². The molecule has 0 heterocycles. The first kappa shape index (κ1) is 10.7. The zero-order chi connectivity index (χ0) is 10.0. The summed E-state index contributed by atoms with van der Waals surface area (Å²) in [4.78, 5) is 10.5. The summed E-state index contributed by atoms with van der Waals surface area (Å²) in [5.74, 6) is -1.06. The average Bonchev–Trinajstić information content (AvgIpc) is 2.08. The molecule has 1 aromatic rings. The summed E-state index contributed by atoms with van der Waals surface area (Å²) < 4.78 is 0.876. The molecule has 0 spiro atoms. The second kappa shape index (κ2) is 4.26. The third-order valence-electron chi connectivity index (χ3n) is 1.57. The quantitative estimate of drug-likeness (QED) is 0.822. The molecule has 0 aliphatic heterocycles. The van der Waals surface area contributed by atoms with Gasteiger partial charge in [-0.25, -0.2) is 0 Å². The summed E-state index contributed by atoms with van der Waals surface area (Å²) in [6.07, 6.45) is 0. The van der Waals surface area contributed by atoms with Crippen LogP contribution >= 0.6 is 34.2 Å². The Bertz CT molecular complexity index is 343. The first-order chi connectivity index (χ1) is 6.02. The van der Waals surface area contributed by atoms with Crippen LogP contribution in [-0.4, -0.2) is 11.1 Å². The monoisotopic (exact) mass is 311 g/mol. The molecule has 1 atom stereocenters. The van der Waals surface area contributed by atoms with Gasteiger partial charge < -0.3 is 10.8 Å². The Labute approximate surface area is 94.0 Å². The lowest BCUT2D eigenvalue weighted by Crippen LogP contribution is -2.20. The van der Waals surface area contributed by atoms with Crippen molar-refractivity contribution in [1.29, 1.82) is 0 Å². The Balaban J connectivity index is 3.03. The van der Waals surface area contributed by atoms with Crippen molar-refractivity contribution in [2.45, 2.75) is 6.04 Å². The van der Waals surface area contributed by atoms with Gasteiger partial charge in [0.05, 0.1) is 5.02 Å². The fraction of sp³-hybridized carbons (Fsp3) is 0.125. The number of benzene rings is 1. The van der Waals surface area contributed by atoms with Crippen molar-refractivity contribution in [2.24, 2.45) is 5.73 Å². The fourth-order valence-corrected chi connectivity index (χ4v) is 1.37. The van der Waals surface area contributed by atoms with Crippen LogP contribution < -0.4 is 5.73 Å². The molecule has 0 amide bonds. The van der Waals surface area contributed by atoms with Crippen LogP contribution in [0.2, 0.25) is 5.02 Å². The van der Waals surface area contributed by atoms with Gasteiger partial charge in [-0.1, -0.05) is 17.7 Å². The lowest BCUT2D eigenvalue weighted by molar-refractivity contribution is -0.138. The van der Waals surface area contributed by atoms with Crippen LogP contribution in [0.1, 0.15) is 11.6 Å². The van der Waals surface area contributed by atoms with Crippen molar-refractivity contribution in [1.82, 2.24) is 0 Å². The molecule has 13 heavy (non-hydrogen) atoms. The summed E-state index contributed by atoms with van der Waals surface area (Å²) in [7, 11) is 0. The predicted octanol–water partition coefficient (Wildman–Crippen LogP) is 2.03. The highest BCUT2D eigenvalue weighted by Gasteiger charge is 2.14. The molecule has 0 radical (unpaired) electrons. The zero-order valence-corrected chi connectivity index (χ0v) is 9.41. The molecule has 5 heteroatoms. The highest BCUT2D eigenvalue weighted by Crippen LogP contribution is 2.22. The average molecular weight is 312 g/mol. The number of carboxylic acid groups (broad SMARTS) is 1. The van der Waals surface area contributed by atoms with E-state index >= 15 is 0 Å². The van der Waals surface area contributed by atoms with Gasteiger partial charge in [0.15, 0.2) is 0 Å². The molecule has 70 valence electrons. The number of carboxylic acids is 1. The molecule has 1 rings (SSSR count). The van der Waals surface area contributed by atoms with Gasteiger partial charge in [0.1, 0.15) is 6.04 Å². The lowest BCUT2D eigenvalue weighted by Gasteiger charge is -2.07. The Morgan fingerprint density at radius 3 is 2.69 bits per heavy atom. The van der Waals surface area contributed by atoms with E-state index in [1.165, 1.54) is 0 Å². The summed E-state index contributed by atoms with van der Waals surface area (Å²) in [6, 6.07) is 3.96. The van der Waals surface area contributed by atoms with Crippen molar-refractivity contribution in [2.75, 3.05) is 0 Å². The molecular weight excluding hydrogens is 304 g/mol. The number of nitrogens with two attached hydrogens (primary N) is 1. The van der Waals surface area contributed by atoms with Gasteiger partial charge in [0, 0.05) is 3.57 Å². The number of hydrogen-bond donors (Lipinski definition) is 2. The van der Waals surface area contributed by atoms with Crippen LogP contribution in [0.25, 0.3) is 0 Å². The first-order valence-electron chi connectivity index (χ1n) is 3.45. The van der Waals surface area contributed by atoms with Crippen molar-refractivity contribution in [3.8, 4) is 0 Å². The van der Waals surface area contributed by atoms with E-state index in [4.69, 9.17) is 22.4 Å². The van der Waals surface area contributed by atoms with E-state index in [1.54, 1.807) is 18.2 Å². The van der Waals surface area contributed by atoms with Crippen LogP contribution in [-0.2, 0) is 4.79 Å². The molecule has 0 bridgehead atoms. The van der Waals surface area contributed by atoms with Gasteiger partial charge in [-0.3, -0.25) is 4.79 Å². The molecule has 0 unspecified atom stereocenters. The molecule has 1 aromatic carbocycles. The normalized spacial score (nSPS) is 12.5.